The molecule has 0 aliphatic carbocycles. The first-order valence-corrected chi connectivity index (χ1v) is 22.0. The molecule has 0 spiro atoms. The Balaban J connectivity index is 1.14. The summed E-state index contributed by atoms with van der Waals surface area (Å²) in [5.41, 5.74) is 9.45. The quantitative estimate of drug-likeness (QED) is 0.159. The lowest BCUT2D eigenvalue weighted by Crippen LogP contribution is -2.08. The Labute approximate surface area is 378 Å². The van der Waals surface area contributed by atoms with Gasteiger partial charge in [-0.1, -0.05) is 194 Å². The number of para-hydroxylation sites is 3. The molecule has 0 aliphatic rings. The van der Waals surface area contributed by atoms with Crippen LogP contribution in [0.1, 0.15) is 0 Å². The van der Waals surface area contributed by atoms with Crippen LogP contribution in [-0.4, -0.2) is 39.0 Å². The molecule has 0 amide bonds. The smallest absolute Gasteiger partial charge is 0.238 e. The molecule has 0 saturated carbocycles. The van der Waals surface area contributed by atoms with Gasteiger partial charge in [-0.05, 0) is 35.0 Å². The van der Waals surface area contributed by atoms with Gasteiger partial charge in [-0.3, -0.25) is 4.57 Å². The van der Waals surface area contributed by atoms with Crippen LogP contribution in [0, 0.1) is 0 Å². The van der Waals surface area contributed by atoms with Crippen molar-refractivity contribution in [2.75, 3.05) is 0 Å². The van der Waals surface area contributed by atoms with Crippen molar-refractivity contribution in [2.45, 2.75) is 0 Å². The highest BCUT2D eigenvalue weighted by Gasteiger charge is 2.25. The third kappa shape index (κ3) is 6.07. The van der Waals surface area contributed by atoms with Crippen LogP contribution in [0.15, 0.2) is 218 Å². The number of aromatic nitrogens is 8. The second-order valence-electron chi connectivity index (χ2n) is 16.3. The Hall–Kier alpha value is -9.14. The first-order chi connectivity index (χ1) is 32.7. The average Bonchev–Trinajstić information content (AvgIpc) is 3.92. The highest BCUT2D eigenvalue weighted by Crippen LogP contribution is 2.43. The normalized spacial score (nSPS) is 11.6. The maximum absolute atomic E-state index is 5.43. The zero-order valence-electron chi connectivity index (χ0n) is 35.4. The van der Waals surface area contributed by atoms with Crippen molar-refractivity contribution in [3.63, 3.8) is 0 Å². The summed E-state index contributed by atoms with van der Waals surface area (Å²) in [4.78, 5) is 31.5. The Morgan fingerprint density at radius 3 is 1.29 bits per heavy atom. The first-order valence-electron chi connectivity index (χ1n) is 22.0. The second kappa shape index (κ2) is 15.3. The van der Waals surface area contributed by atoms with Crippen LogP contribution in [0.5, 0.6) is 0 Å². The van der Waals surface area contributed by atoms with E-state index in [1.54, 1.807) is 0 Å². The maximum Gasteiger partial charge on any atom is 0.238 e. The van der Waals surface area contributed by atoms with E-state index in [1.807, 2.05) is 78.9 Å². The van der Waals surface area contributed by atoms with Crippen LogP contribution < -0.4 is 0 Å². The molecular weight excluding hydrogens is 809 g/mol. The van der Waals surface area contributed by atoms with E-state index < -0.39 is 0 Å². The number of hydrogen-bond acceptors (Lipinski definition) is 6. The number of nitrogens with zero attached hydrogens (tertiary/aromatic N) is 8. The molecule has 8 heteroatoms. The average molecular weight is 845 g/mol. The molecule has 13 aromatic rings. The van der Waals surface area contributed by atoms with E-state index >= 15 is 0 Å². The molecule has 0 fully saturated rings. The molecule has 9 aromatic carbocycles. The van der Waals surface area contributed by atoms with E-state index in [-0.39, 0.29) is 0 Å². The fraction of sp³-hybridized carbons (Fsp3) is 0. The van der Waals surface area contributed by atoms with Crippen LogP contribution >= 0.6 is 0 Å². The van der Waals surface area contributed by atoms with Crippen molar-refractivity contribution in [1.82, 2.24) is 39.0 Å². The molecule has 0 atom stereocenters. The van der Waals surface area contributed by atoms with Crippen LogP contribution in [0.3, 0.4) is 0 Å². The van der Waals surface area contributed by atoms with Gasteiger partial charge in [-0.2, -0.15) is 9.97 Å². The van der Waals surface area contributed by atoms with Gasteiger partial charge in [0.05, 0.1) is 27.8 Å². The molecule has 0 radical (unpaired) electrons. The van der Waals surface area contributed by atoms with E-state index in [4.69, 9.17) is 29.9 Å². The monoisotopic (exact) mass is 844 g/mol. The number of benzene rings is 9. The Morgan fingerprint density at radius 1 is 0.258 bits per heavy atom. The highest BCUT2D eigenvalue weighted by molar-refractivity contribution is 6.24. The summed E-state index contributed by atoms with van der Waals surface area (Å²) in [5, 5.41) is 6.56. The summed E-state index contributed by atoms with van der Waals surface area (Å²) < 4.78 is 4.61. The molecule has 66 heavy (non-hydrogen) atoms. The molecule has 0 N–H and O–H groups in total. The van der Waals surface area contributed by atoms with Gasteiger partial charge in [0.15, 0.2) is 29.1 Å². The van der Waals surface area contributed by atoms with Gasteiger partial charge >= 0.3 is 0 Å². The van der Waals surface area contributed by atoms with Crippen LogP contribution in [0.25, 0.3) is 123 Å². The van der Waals surface area contributed by atoms with E-state index in [0.29, 0.717) is 35.1 Å². The number of hydrogen-bond donors (Lipinski definition) is 0. The summed E-state index contributed by atoms with van der Waals surface area (Å²) in [6.07, 6.45) is 0. The minimum atomic E-state index is 0.521. The summed E-state index contributed by atoms with van der Waals surface area (Å²) in [7, 11) is 0. The minimum Gasteiger partial charge on any atom is -0.306 e. The van der Waals surface area contributed by atoms with Crippen LogP contribution in [0.2, 0.25) is 0 Å². The zero-order valence-corrected chi connectivity index (χ0v) is 35.4. The van der Waals surface area contributed by atoms with Crippen molar-refractivity contribution in [3.8, 4) is 68.6 Å². The fourth-order valence-electron chi connectivity index (χ4n) is 9.47. The number of rotatable bonds is 7. The van der Waals surface area contributed by atoms with Crippen molar-refractivity contribution < 1.29 is 0 Å². The molecule has 13 rings (SSSR count). The standard InChI is InChI=1S/C58H36N8/c1-4-20-38(21-5-1)53-59-54(39-22-6-2-7-23-39)61-57(60-53)47-30-14-17-34-50(47)65-48-32-15-12-28-42(48)44-35-36-45-43-29-13-16-33-49(43)66(52(45)51(44)65)58-63-55(40-24-8-3-9-25-40)62-56(64-58)46-31-18-26-37-19-10-11-27-41(37)46/h1-36H. The molecule has 0 aliphatic heterocycles. The third-order valence-corrected chi connectivity index (χ3v) is 12.4. The van der Waals surface area contributed by atoms with Crippen molar-refractivity contribution >= 4 is 54.4 Å². The molecule has 4 aromatic heterocycles. The predicted octanol–water partition coefficient (Wildman–Crippen LogP) is 13.7. The van der Waals surface area contributed by atoms with E-state index in [9.17, 15) is 0 Å². The largest absolute Gasteiger partial charge is 0.306 e. The van der Waals surface area contributed by atoms with Crippen LogP contribution in [0.4, 0.5) is 0 Å². The maximum atomic E-state index is 5.43. The summed E-state index contributed by atoms with van der Waals surface area (Å²) >= 11 is 0. The Morgan fingerprint density at radius 2 is 0.667 bits per heavy atom. The summed E-state index contributed by atoms with van der Waals surface area (Å²) in [6, 6.07) is 75.1. The van der Waals surface area contributed by atoms with Crippen molar-refractivity contribution in [2.24, 2.45) is 0 Å². The molecule has 8 nitrogen and oxygen atoms in total. The van der Waals surface area contributed by atoms with Gasteiger partial charge in [0.25, 0.3) is 0 Å². The predicted molar refractivity (Wildman–Crippen MR) is 267 cm³/mol. The van der Waals surface area contributed by atoms with Crippen LogP contribution in [-0.2, 0) is 0 Å². The highest BCUT2D eigenvalue weighted by atomic mass is 15.2. The topological polar surface area (TPSA) is 87.2 Å². The number of fused-ring (bicyclic) bond motifs is 8. The summed E-state index contributed by atoms with van der Waals surface area (Å²) in [5.74, 6) is 3.48. The first kappa shape index (κ1) is 37.4. The van der Waals surface area contributed by atoms with Gasteiger partial charge in [-0.15, -0.1) is 0 Å². The molecular formula is C58H36N8. The van der Waals surface area contributed by atoms with Gasteiger partial charge < -0.3 is 4.57 Å². The minimum absolute atomic E-state index is 0.521. The second-order valence-corrected chi connectivity index (χ2v) is 16.3. The molecule has 0 unspecified atom stereocenters. The molecule has 308 valence electrons. The van der Waals surface area contributed by atoms with Gasteiger partial charge in [0.1, 0.15) is 0 Å². The molecule has 4 heterocycles. The van der Waals surface area contributed by atoms with Gasteiger partial charge in [-0.25, -0.2) is 19.9 Å². The third-order valence-electron chi connectivity index (χ3n) is 12.4. The van der Waals surface area contributed by atoms with E-state index in [1.165, 1.54) is 0 Å². The lowest BCUT2D eigenvalue weighted by molar-refractivity contribution is 0.954. The Kier molecular flexibility index (Phi) is 8.67. The Bertz CT molecular complexity index is 3930. The van der Waals surface area contributed by atoms with Gasteiger partial charge in [0, 0.05) is 49.4 Å². The lowest BCUT2D eigenvalue weighted by atomic mass is 10.0. The van der Waals surface area contributed by atoms with Gasteiger partial charge in [0.2, 0.25) is 5.95 Å². The lowest BCUT2D eigenvalue weighted by Gasteiger charge is -2.16. The molecule has 0 bridgehead atoms. The van der Waals surface area contributed by atoms with Crippen molar-refractivity contribution in [1.29, 1.82) is 0 Å². The van der Waals surface area contributed by atoms with E-state index in [2.05, 4.69) is 149 Å². The summed E-state index contributed by atoms with van der Waals surface area (Å²) in [6.45, 7) is 0. The molecule has 0 saturated heterocycles. The zero-order chi connectivity index (χ0) is 43.6. The van der Waals surface area contributed by atoms with Crippen molar-refractivity contribution in [3.05, 3.63) is 218 Å². The van der Waals surface area contributed by atoms with E-state index in [0.717, 1.165) is 87.9 Å². The fourth-order valence-corrected chi connectivity index (χ4v) is 9.47. The SMILES string of the molecule is c1ccc(-c2nc(-c3ccccc3)nc(-c3ccccc3-n3c4ccccc4c4ccc5c6ccccc6n(-c6nc(-c7ccccc7)nc(-c7cccc8ccccc78)n6)c5c43)n2)cc1.